The van der Waals surface area contributed by atoms with E-state index in [4.69, 9.17) is 28.9 Å². The van der Waals surface area contributed by atoms with Crippen LogP contribution < -0.4 is 16.0 Å². The molecule has 2 aromatic carbocycles. The van der Waals surface area contributed by atoms with Crippen molar-refractivity contribution in [1.29, 1.82) is 0 Å². The van der Waals surface area contributed by atoms with Gasteiger partial charge in [-0.3, -0.25) is 9.59 Å². The van der Waals surface area contributed by atoms with E-state index in [2.05, 4.69) is 10.2 Å². The molecule has 2 aromatic rings. The van der Waals surface area contributed by atoms with Gasteiger partial charge in [0.2, 0.25) is 11.8 Å². The molecule has 1 aliphatic rings. The van der Waals surface area contributed by atoms with Crippen molar-refractivity contribution in [2.24, 2.45) is 5.73 Å². The Morgan fingerprint density at radius 3 is 2.54 bits per heavy atom. The lowest BCUT2D eigenvalue weighted by Gasteiger charge is -2.30. The molecule has 3 N–H and O–H groups in total. The molecule has 0 bridgehead atoms. The molecule has 1 saturated heterocycles. The summed E-state index contributed by atoms with van der Waals surface area (Å²) >= 11 is 12.1. The molecule has 0 aliphatic carbocycles. The molecule has 146 valence electrons. The van der Waals surface area contributed by atoms with Crippen LogP contribution in [0.2, 0.25) is 10.0 Å². The van der Waals surface area contributed by atoms with Gasteiger partial charge in [0.25, 0.3) is 0 Å². The van der Waals surface area contributed by atoms with Gasteiger partial charge in [0.05, 0.1) is 21.4 Å². The average Bonchev–Trinajstić information content (AvgIpc) is 2.69. The summed E-state index contributed by atoms with van der Waals surface area (Å²) < 4.78 is 0. The molecular weight excluding hydrogens is 397 g/mol. The third-order valence-electron chi connectivity index (χ3n) is 4.63. The topological polar surface area (TPSA) is 75.4 Å². The van der Waals surface area contributed by atoms with E-state index in [0.717, 1.165) is 31.6 Å². The van der Waals surface area contributed by atoms with Crippen LogP contribution in [0.5, 0.6) is 0 Å². The van der Waals surface area contributed by atoms with Crippen LogP contribution in [0.1, 0.15) is 35.2 Å². The predicted molar refractivity (Wildman–Crippen MR) is 115 cm³/mol. The van der Waals surface area contributed by atoms with E-state index >= 15 is 0 Å². The van der Waals surface area contributed by atoms with Gasteiger partial charge < -0.3 is 16.0 Å². The van der Waals surface area contributed by atoms with Crippen molar-refractivity contribution in [2.45, 2.75) is 19.3 Å². The van der Waals surface area contributed by atoms with E-state index in [-0.39, 0.29) is 5.91 Å². The lowest BCUT2D eigenvalue weighted by atomic mass is 10.1. The number of hydrogen-bond donors (Lipinski definition) is 2. The standard InChI is InChI=1S/C21H21Cl2N3O2/c22-16-6-4-5-14(20(16)23)8-10-19(27)25-17-13-15(21(24)28)7-9-18(17)26-11-2-1-3-12-26/h4-10,13H,1-3,11-12H2,(H2,24,28)(H,25,27). The Morgan fingerprint density at radius 2 is 1.82 bits per heavy atom. The molecule has 0 unspecified atom stereocenters. The molecule has 0 saturated carbocycles. The van der Waals surface area contributed by atoms with E-state index in [9.17, 15) is 9.59 Å². The number of hydrogen-bond acceptors (Lipinski definition) is 3. The highest BCUT2D eigenvalue weighted by atomic mass is 35.5. The maximum absolute atomic E-state index is 12.5. The van der Waals surface area contributed by atoms with Crippen LogP contribution in [0.3, 0.4) is 0 Å². The maximum atomic E-state index is 12.5. The first-order valence-corrected chi connectivity index (χ1v) is 9.83. The number of nitrogens with two attached hydrogens (primary N) is 1. The summed E-state index contributed by atoms with van der Waals surface area (Å²) in [5.41, 5.74) is 7.83. The molecular formula is C21H21Cl2N3O2. The highest BCUT2D eigenvalue weighted by Gasteiger charge is 2.17. The minimum absolute atomic E-state index is 0.337. The van der Waals surface area contributed by atoms with Crippen LogP contribution in [0.25, 0.3) is 6.08 Å². The van der Waals surface area contributed by atoms with E-state index < -0.39 is 5.91 Å². The highest BCUT2D eigenvalue weighted by molar-refractivity contribution is 6.42. The van der Waals surface area contributed by atoms with Crippen LogP contribution in [0.15, 0.2) is 42.5 Å². The molecule has 5 nitrogen and oxygen atoms in total. The molecule has 0 aromatic heterocycles. The summed E-state index contributed by atoms with van der Waals surface area (Å²) in [5.74, 6) is -0.877. The number of primary amides is 1. The zero-order chi connectivity index (χ0) is 20.1. The van der Waals surface area contributed by atoms with E-state index in [1.165, 1.54) is 12.5 Å². The minimum atomic E-state index is -0.540. The van der Waals surface area contributed by atoms with Gasteiger partial charge in [-0.25, -0.2) is 0 Å². The number of benzene rings is 2. The number of nitrogens with one attached hydrogen (secondary N) is 1. The summed E-state index contributed by atoms with van der Waals surface area (Å²) in [6.07, 6.45) is 6.37. The number of amides is 2. The predicted octanol–water partition coefficient (Wildman–Crippen LogP) is 4.73. The summed E-state index contributed by atoms with van der Waals surface area (Å²) in [6.45, 7) is 1.82. The summed E-state index contributed by atoms with van der Waals surface area (Å²) in [6, 6.07) is 10.3. The monoisotopic (exact) mass is 417 g/mol. The summed E-state index contributed by atoms with van der Waals surface area (Å²) in [4.78, 5) is 26.3. The van der Waals surface area contributed by atoms with Crippen LogP contribution in [0, 0.1) is 0 Å². The fourth-order valence-electron chi connectivity index (χ4n) is 3.19. The number of nitrogens with zero attached hydrogens (tertiary/aromatic N) is 1. The first-order chi connectivity index (χ1) is 13.5. The van der Waals surface area contributed by atoms with Crippen molar-refractivity contribution in [3.63, 3.8) is 0 Å². The Morgan fingerprint density at radius 1 is 1.07 bits per heavy atom. The van der Waals surface area contributed by atoms with Crippen molar-refractivity contribution in [3.8, 4) is 0 Å². The third kappa shape index (κ3) is 4.86. The zero-order valence-electron chi connectivity index (χ0n) is 15.3. The van der Waals surface area contributed by atoms with Gasteiger partial charge in [0, 0.05) is 24.7 Å². The molecule has 0 spiro atoms. The van der Waals surface area contributed by atoms with E-state index in [1.807, 2.05) is 6.07 Å². The number of rotatable bonds is 5. The van der Waals surface area contributed by atoms with Crippen molar-refractivity contribution in [1.82, 2.24) is 0 Å². The smallest absolute Gasteiger partial charge is 0.248 e. The molecule has 0 radical (unpaired) electrons. The van der Waals surface area contributed by atoms with Crippen molar-refractivity contribution < 1.29 is 9.59 Å². The molecule has 7 heteroatoms. The van der Waals surface area contributed by atoms with Crippen LogP contribution in [-0.4, -0.2) is 24.9 Å². The fourth-order valence-corrected chi connectivity index (χ4v) is 3.56. The number of anilines is 2. The van der Waals surface area contributed by atoms with Crippen molar-refractivity contribution >= 4 is 52.5 Å². The highest BCUT2D eigenvalue weighted by Crippen LogP contribution is 2.30. The van der Waals surface area contributed by atoms with Gasteiger partial charge in [0.1, 0.15) is 0 Å². The molecule has 0 atom stereocenters. The third-order valence-corrected chi connectivity index (χ3v) is 5.46. The zero-order valence-corrected chi connectivity index (χ0v) is 16.8. The Labute approximate surface area is 174 Å². The number of carbonyl (C=O) groups is 2. The van der Waals surface area contributed by atoms with Gasteiger partial charge in [0.15, 0.2) is 0 Å². The summed E-state index contributed by atoms with van der Waals surface area (Å²) in [7, 11) is 0. The van der Waals surface area contributed by atoms with E-state index in [0.29, 0.717) is 26.9 Å². The van der Waals surface area contributed by atoms with Gasteiger partial charge in [-0.2, -0.15) is 0 Å². The van der Waals surface area contributed by atoms with Crippen LogP contribution >= 0.6 is 23.2 Å². The lowest BCUT2D eigenvalue weighted by molar-refractivity contribution is -0.111. The number of piperidine rings is 1. The van der Waals surface area contributed by atoms with Crippen LogP contribution in [0.4, 0.5) is 11.4 Å². The second-order valence-corrected chi connectivity index (χ2v) is 7.39. The maximum Gasteiger partial charge on any atom is 0.248 e. The van der Waals surface area contributed by atoms with Gasteiger partial charge in [-0.05, 0) is 55.2 Å². The van der Waals surface area contributed by atoms with Gasteiger partial charge >= 0.3 is 0 Å². The van der Waals surface area contributed by atoms with E-state index in [1.54, 1.807) is 36.4 Å². The Kier molecular flexibility index (Phi) is 6.60. The first kappa shape index (κ1) is 20.2. The summed E-state index contributed by atoms with van der Waals surface area (Å²) in [5, 5.41) is 3.67. The molecule has 1 aliphatic heterocycles. The molecule has 1 heterocycles. The minimum Gasteiger partial charge on any atom is -0.370 e. The van der Waals surface area contributed by atoms with Crippen molar-refractivity contribution in [3.05, 3.63) is 63.6 Å². The second-order valence-electron chi connectivity index (χ2n) is 6.61. The quantitative estimate of drug-likeness (QED) is 0.689. The Hall–Kier alpha value is -2.50. The Balaban J connectivity index is 1.83. The van der Waals surface area contributed by atoms with Gasteiger partial charge in [-0.1, -0.05) is 35.3 Å². The van der Waals surface area contributed by atoms with Gasteiger partial charge in [-0.15, -0.1) is 0 Å². The molecule has 1 fully saturated rings. The fraction of sp³-hybridized carbons (Fsp3) is 0.238. The Bertz CT molecular complexity index is 922. The average molecular weight is 418 g/mol. The SMILES string of the molecule is NC(=O)c1ccc(N2CCCCC2)c(NC(=O)C=Cc2cccc(Cl)c2Cl)c1. The normalized spacial score (nSPS) is 14.3. The largest absolute Gasteiger partial charge is 0.370 e. The first-order valence-electron chi connectivity index (χ1n) is 9.07. The van der Waals surface area contributed by atoms with Crippen molar-refractivity contribution in [2.75, 3.05) is 23.3 Å². The molecule has 3 rings (SSSR count). The number of carbonyl (C=O) groups excluding carboxylic acids is 2. The second kappa shape index (κ2) is 9.13. The number of halogens is 2. The molecule has 2 amide bonds. The lowest BCUT2D eigenvalue weighted by Crippen LogP contribution is -2.30. The molecule has 28 heavy (non-hydrogen) atoms. The van der Waals surface area contributed by atoms with Crippen LogP contribution in [-0.2, 0) is 4.79 Å².